The van der Waals surface area contributed by atoms with E-state index in [-0.39, 0.29) is 35.8 Å². The summed E-state index contributed by atoms with van der Waals surface area (Å²) in [4.78, 5) is 32.7. The number of nitrogens with two attached hydrogens (primary N) is 1. The van der Waals surface area contributed by atoms with Crippen LogP contribution in [0.3, 0.4) is 0 Å². The monoisotopic (exact) mass is 557 g/mol. The van der Waals surface area contributed by atoms with Crippen molar-refractivity contribution in [1.82, 2.24) is 9.80 Å². The van der Waals surface area contributed by atoms with Gasteiger partial charge in [0.1, 0.15) is 0 Å². The zero-order valence-corrected chi connectivity index (χ0v) is 22.1. The number of anilines is 1. The van der Waals surface area contributed by atoms with Gasteiger partial charge in [-0.05, 0) is 42.9 Å². The van der Waals surface area contributed by atoms with E-state index in [1.54, 1.807) is 0 Å². The van der Waals surface area contributed by atoms with Crippen molar-refractivity contribution < 1.29 is 9.59 Å². The van der Waals surface area contributed by atoms with E-state index in [0.717, 1.165) is 31.4 Å². The zero-order valence-electron chi connectivity index (χ0n) is 19.8. The van der Waals surface area contributed by atoms with Crippen LogP contribution in [0.25, 0.3) is 0 Å². The van der Waals surface area contributed by atoms with Crippen molar-refractivity contribution in [3.63, 3.8) is 0 Å². The molecule has 0 atom stereocenters. The van der Waals surface area contributed by atoms with Gasteiger partial charge in [0.2, 0.25) is 11.8 Å². The van der Waals surface area contributed by atoms with E-state index >= 15 is 0 Å². The van der Waals surface area contributed by atoms with E-state index < -0.39 is 0 Å². The summed E-state index contributed by atoms with van der Waals surface area (Å²) in [7, 11) is 0. The first-order valence-corrected chi connectivity index (χ1v) is 11.6. The van der Waals surface area contributed by atoms with Gasteiger partial charge in [0.25, 0.3) is 0 Å². The lowest BCUT2D eigenvalue weighted by molar-refractivity contribution is -0.140. The van der Waals surface area contributed by atoms with E-state index in [2.05, 4.69) is 43.2 Å². The molecule has 2 amide bonds. The number of carbonyl (C=O) groups is 2. The Morgan fingerprint density at radius 1 is 1.00 bits per heavy atom. The average molecular weight is 558 g/mol. The van der Waals surface area contributed by atoms with Crippen LogP contribution in [-0.2, 0) is 16.0 Å². The van der Waals surface area contributed by atoms with Gasteiger partial charge in [-0.15, -0.1) is 24.0 Å². The molecule has 32 heavy (non-hydrogen) atoms. The summed E-state index contributed by atoms with van der Waals surface area (Å²) in [5.41, 5.74) is 8.17. The number of aryl methyl sites for hydroxylation is 1. The SMILES string of the molecule is CCc1ccc(NC(N)=NCCCCCC(=O)N2CCN(C(=O)CC(C)C)CC2)cc1.I. The molecule has 0 saturated carbocycles. The Bertz CT molecular complexity index is 728. The summed E-state index contributed by atoms with van der Waals surface area (Å²) >= 11 is 0. The number of rotatable bonds is 10. The van der Waals surface area contributed by atoms with Crippen LogP contribution in [0, 0.1) is 5.92 Å². The van der Waals surface area contributed by atoms with Gasteiger partial charge in [-0.3, -0.25) is 14.6 Å². The number of aliphatic imine (C=N–C) groups is 1. The molecule has 3 N–H and O–H groups in total. The number of halogens is 1. The molecule has 1 aromatic rings. The molecule has 1 fully saturated rings. The maximum Gasteiger partial charge on any atom is 0.222 e. The van der Waals surface area contributed by atoms with Crippen LogP contribution in [0.4, 0.5) is 5.69 Å². The minimum Gasteiger partial charge on any atom is -0.370 e. The second kappa shape index (κ2) is 15.1. The van der Waals surface area contributed by atoms with Gasteiger partial charge in [0.15, 0.2) is 5.96 Å². The van der Waals surface area contributed by atoms with Gasteiger partial charge < -0.3 is 20.9 Å². The number of amides is 2. The Hall–Kier alpha value is -1.84. The summed E-state index contributed by atoms with van der Waals surface area (Å²) in [6, 6.07) is 8.17. The molecule has 0 unspecified atom stereocenters. The number of hydrogen-bond donors (Lipinski definition) is 2. The lowest BCUT2D eigenvalue weighted by Crippen LogP contribution is -2.50. The largest absolute Gasteiger partial charge is 0.370 e. The predicted octanol–water partition coefficient (Wildman–Crippen LogP) is 3.87. The maximum absolute atomic E-state index is 12.4. The van der Waals surface area contributed by atoms with Gasteiger partial charge >= 0.3 is 0 Å². The third-order valence-corrected chi connectivity index (χ3v) is 5.53. The number of unbranched alkanes of at least 4 members (excludes halogenated alkanes) is 2. The third-order valence-electron chi connectivity index (χ3n) is 5.53. The molecule has 2 rings (SSSR count). The Kier molecular flexibility index (Phi) is 13.3. The second-order valence-electron chi connectivity index (χ2n) is 8.61. The highest BCUT2D eigenvalue weighted by molar-refractivity contribution is 14.0. The first-order chi connectivity index (χ1) is 14.9. The standard InChI is InChI=1S/C24H39N5O2.HI/c1-4-20-9-11-21(12-10-20)27-24(25)26-13-7-5-6-8-22(30)28-14-16-29(17-15-28)23(31)18-19(2)3;/h9-12,19H,4-8,13-18H2,1-3H3,(H3,25,26,27);1H. The van der Waals surface area contributed by atoms with Crippen molar-refractivity contribution in [2.24, 2.45) is 16.6 Å². The minimum absolute atomic E-state index is 0. The third kappa shape index (κ3) is 10.2. The maximum atomic E-state index is 12.4. The normalized spacial score (nSPS) is 14.3. The van der Waals surface area contributed by atoms with Gasteiger partial charge in [-0.1, -0.05) is 39.3 Å². The molecule has 7 nitrogen and oxygen atoms in total. The Morgan fingerprint density at radius 3 is 2.16 bits per heavy atom. The van der Waals surface area contributed by atoms with Crippen LogP contribution in [-0.4, -0.2) is 60.3 Å². The highest BCUT2D eigenvalue weighted by Crippen LogP contribution is 2.11. The number of benzene rings is 1. The summed E-state index contributed by atoms with van der Waals surface area (Å²) < 4.78 is 0. The molecule has 1 heterocycles. The number of guanidine groups is 1. The molecule has 0 radical (unpaired) electrons. The number of carbonyl (C=O) groups excluding carboxylic acids is 2. The molecule has 8 heteroatoms. The predicted molar refractivity (Wildman–Crippen MR) is 142 cm³/mol. The van der Waals surface area contributed by atoms with Gasteiger partial charge in [-0.2, -0.15) is 0 Å². The highest BCUT2D eigenvalue weighted by atomic mass is 127. The zero-order chi connectivity index (χ0) is 22.6. The fourth-order valence-electron chi connectivity index (χ4n) is 3.62. The van der Waals surface area contributed by atoms with E-state index in [1.807, 2.05) is 21.9 Å². The molecule has 0 spiro atoms. The molecular weight excluding hydrogens is 517 g/mol. The molecule has 0 aromatic heterocycles. The van der Waals surface area contributed by atoms with E-state index in [0.29, 0.717) is 57.4 Å². The van der Waals surface area contributed by atoms with Crippen molar-refractivity contribution in [3.05, 3.63) is 29.8 Å². The molecule has 1 aliphatic rings. The fourth-order valence-corrected chi connectivity index (χ4v) is 3.62. The average Bonchev–Trinajstić information content (AvgIpc) is 2.76. The number of piperazine rings is 1. The second-order valence-corrected chi connectivity index (χ2v) is 8.61. The molecule has 1 saturated heterocycles. The molecule has 0 bridgehead atoms. The lowest BCUT2D eigenvalue weighted by Gasteiger charge is -2.35. The van der Waals surface area contributed by atoms with Gasteiger partial charge in [0, 0.05) is 51.3 Å². The Morgan fingerprint density at radius 2 is 1.59 bits per heavy atom. The summed E-state index contributed by atoms with van der Waals surface area (Å²) in [5.74, 6) is 1.19. The van der Waals surface area contributed by atoms with Gasteiger partial charge in [-0.25, -0.2) is 0 Å². The van der Waals surface area contributed by atoms with E-state index in [4.69, 9.17) is 5.73 Å². The summed E-state index contributed by atoms with van der Waals surface area (Å²) in [6.45, 7) is 9.49. The first-order valence-electron chi connectivity index (χ1n) is 11.6. The lowest BCUT2D eigenvalue weighted by atomic mass is 10.1. The summed E-state index contributed by atoms with van der Waals surface area (Å²) in [5, 5.41) is 3.11. The van der Waals surface area contributed by atoms with Crippen molar-refractivity contribution >= 4 is 47.4 Å². The van der Waals surface area contributed by atoms with Crippen LogP contribution in [0.15, 0.2) is 29.3 Å². The smallest absolute Gasteiger partial charge is 0.222 e. The van der Waals surface area contributed by atoms with Crippen LogP contribution in [0.1, 0.15) is 58.4 Å². The van der Waals surface area contributed by atoms with Crippen molar-refractivity contribution in [2.45, 2.75) is 59.3 Å². The van der Waals surface area contributed by atoms with Crippen LogP contribution < -0.4 is 11.1 Å². The van der Waals surface area contributed by atoms with E-state index in [1.165, 1.54) is 5.56 Å². The van der Waals surface area contributed by atoms with Crippen molar-refractivity contribution in [2.75, 3.05) is 38.0 Å². The van der Waals surface area contributed by atoms with Crippen molar-refractivity contribution in [3.8, 4) is 0 Å². The van der Waals surface area contributed by atoms with E-state index in [9.17, 15) is 9.59 Å². The molecule has 0 aliphatic carbocycles. The quantitative estimate of drug-likeness (QED) is 0.198. The number of hydrogen-bond acceptors (Lipinski definition) is 3. The molecular formula is C24H40IN5O2. The van der Waals surface area contributed by atoms with Crippen molar-refractivity contribution in [1.29, 1.82) is 0 Å². The molecule has 1 aliphatic heterocycles. The number of nitrogens with one attached hydrogen (secondary N) is 1. The van der Waals surface area contributed by atoms with Crippen LogP contribution >= 0.6 is 24.0 Å². The topological polar surface area (TPSA) is 91.0 Å². The minimum atomic E-state index is 0. The molecule has 1 aromatic carbocycles. The first kappa shape index (κ1) is 28.2. The Labute approximate surface area is 210 Å². The molecule has 180 valence electrons. The fraction of sp³-hybridized carbons (Fsp3) is 0.625. The van der Waals surface area contributed by atoms with Crippen LogP contribution in [0.5, 0.6) is 0 Å². The highest BCUT2D eigenvalue weighted by Gasteiger charge is 2.23. The van der Waals surface area contributed by atoms with Crippen LogP contribution in [0.2, 0.25) is 0 Å². The number of nitrogens with zero attached hydrogens (tertiary/aromatic N) is 3. The summed E-state index contributed by atoms with van der Waals surface area (Å²) in [6.07, 6.45) is 4.86. The van der Waals surface area contributed by atoms with Gasteiger partial charge in [0.05, 0.1) is 0 Å². The Balaban J connectivity index is 0.00000512.